The number of carboxylic acid groups (broad SMARTS) is 1. The third kappa shape index (κ3) is 37.6. The lowest BCUT2D eigenvalue weighted by Gasteiger charge is -2.18. The molecule has 0 radical (unpaired) electrons. The summed E-state index contributed by atoms with van der Waals surface area (Å²) in [4.78, 5) is 45.7. The van der Waals surface area contributed by atoms with Crippen LogP contribution in [0, 0.1) is 0 Å². The molecule has 0 aliphatic carbocycles. The van der Waals surface area contributed by atoms with Crippen molar-refractivity contribution in [1.29, 1.82) is 0 Å². The van der Waals surface area contributed by atoms with Gasteiger partial charge >= 0.3 is 19.8 Å². The Morgan fingerprint density at radius 3 is 1.52 bits per heavy atom. The van der Waals surface area contributed by atoms with E-state index >= 15 is 0 Å². The zero-order valence-electron chi connectivity index (χ0n) is 34.1. The van der Waals surface area contributed by atoms with Crippen LogP contribution in [0.25, 0.3) is 0 Å². The van der Waals surface area contributed by atoms with E-state index in [-0.39, 0.29) is 12.8 Å². The van der Waals surface area contributed by atoms with E-state index in [0.29, 0.717) is 19.3 Å². The summed E-state index contributed by atoms with van der Waals surface area (Å²) >= 11 is 0. The molecular weight excluding hydrogens is 733 g/mol. The number of aliphatic hydroxyl groups excluding tert-OH is 1. The number of allylic oxidation sites excluding steroid dienone is 14. The number of carbonyl (C=O) groups excluding carboxylic acids is 2. The molecule has 11 nitrogen and oxygen atoms in total. The van der Waals surface area contributed by atoms with Gasteiger partial charge in [-0.3, -0.25) is 18.6 Å². The van der Waals surface area contributed by atoms with Crippen LogP contribution in [-0.4, -0.2) is 64.9 Å². The number of amides is 1. The van der Waals surface area contributed by atoms with Gasteiger partial charge in [-0.15, -0.1) is 0 Å². The summed E-state index contributed by atoms with van der Waals surface area (Å²) in [6, 6.07) is -1.55. The lowest BCUT2D eigenvalue weighted by molar-refractivity contribution is -0.147. The van der Waals surface area contributed by atoms with Crippen molar-refractivity contribution < 1.29 is 47.8 Å². The van der Waals surface area contributed by atoms with E-state index in [2.05, 4.69) is 92.1 Å². The van der Waals surface area contributed by atoms with Crippen LogP contribution in [-0.2, 0) is 32.7 Å². The van der Waals surface area contributed by atoms with E-state index in [1.165, 1.54) is 32.1 Å². The molecule has 12 heteroatoms. The first-order valence-electron chi connectivity index (χ1n) is 20.6. The molecule has 0 fully saturated rings. The molecule has 0 aromatic rings. The van der Waals surface area contributed by atoms with Gasteiger partial charge in [0.15, 0.2) is 6.04 Å². The van der Waals surface area contributed by atoms with Crippen molar-refractivity contribution in [2.75, 3.05) is 19.8 Å². The van der Waals surface area contributed by atoms with Crippen molar-refractivity contribution in [3.05, 3.63) is 85.1 Å². The number of hydrogen-bond donors (Lipinski definition) is 4. The van der Waals surface area contributed by atoms with Crippen LogP contribution in [0.4, 0.5) is 0 Å². The summed E-state index contributed by atoms with van der Waals surface area (Å²) in [5, 5.41) is 21.7. The lowest BCUT2D eigenvalue weighted by Crippen LogP contribution is -2.43. The molecular formula is C44H72NO10P. The highest BCUT2D eigenvalue weighted by molar-refractivity contribution is 7.47. The highest BCUT2D eigenvalue weighted by Gasteiger charge is 2.28. The fraction of sp³-hybridized carbons (Fsp3) is 0.614. The Morgan fingerprint density at radius 2 is 1.04 bits per heavy atom. The Kier molecular flexibility index (Phi) is 36.2. The quantitative estimate of drug-likeness (QED) is 0.0205. The van der Waals surface area contributed by atoms with Crippen LogP contribution in [0.5, 0.6) is 0 Å². The maximum absolute atomic E-state index is 12.2. The van der Waals surface area contributed by atoms with E-state index in [0.717, 1.165) is 64.2 Å². The average molecular weight is 806 g/mol. The molecule has 0 saturated heterocycles. The number of unbranched alkanes of at least 4 members (excludes halogenated alkanes) is 9. The Balaban J connectivity index is 4.00. The second-order valence-electron chi connectivity index (χ2n) is 13.4. The topological polar surface area (TPSA) is 169 Å². The van der Waals surface area contributed by atoms with Crippen LogP contribution < -0.4 is 5.32 Å². The van der Waals surface area contributed by atoms with E-state index in [1.54, 1.807) is 0 Å². The SMILES string of the molecule is CC/C=C\C/C=C\C/C=C\C/C=C\C/C=C\C/C=C\C/C=C\CCCC(=O)OCC(O)COP(=O)(O)OCC(NC(=O)CCCCCCCCCCC)C(=O)O. The molecule has 3 atom stereocenters. The molecule has 0 aliphatic heterocycles. The minimum atomic E-state index is -4.77. The van der Waals surface area contributed by atoms with Gasteiger partial charge in [0.25, 0.3) is 0 Å². The summed E-state index contributed by atoms with van der Waals surface area (Å²) in [6.45, 7) is 2.35. The zero-order chi connectivity index (χ0) is 41.4. The third-order valence-corrected chi connectivity index (χ3v) is 9.15. The standard InChI is InChI=1S/C44H72NO10P/c1-3-5-7-9-11-13-14-15-16-17-18-19-20-21-22-23-24-25-26-28-30-32-34-36-43(48)53-37-40(46)38-54-56(51,52)55-39-41(44(49)50)45-42(47)35-33-31-29-27-12-10-8-6-4-2/h5,7,11,13,15-16,18-19,21-22,24-25,28,30,40-41,46H,3-4,6,8-10,12,14,17,20,23,26-27,29,31-39H2,1-2H3,(H,45,47)(H,49,50)(H,51,52)/b7-5-,13-11-,16-15-,19-18-,22-21-,25-24-,30-28-. The predicted octanol–water partition coefficient (Wildman–Crippen LogP) is 10.3. The minimum Gasteiger partial charge on any atom is -0.480 e. The summed E-state index contributed by atoms with van der Waals surface area (Å²) < 4.78 is 26.7. The van der Waals surface area contributed by atoms with Crippen molar-refractivity contribution in [2.24, 2.45) is 0 Å². The van der Waals surface area contributed by atoms with E-state index in [9.17, 15) is 34.1 Å². The van der Waals surface area contributed by atoms with Gasteiger partial charge in [0.1, 0.15) is 12.7 Å². The van der Waals surface area contributed by atoms with E-state index in [1.807, 2.05) is 12.2 Å². The fourth-order valence-corrected chi connectivity index (χ4v) is 5.78. The Morgan fingerprint density at radius 1 is 0.589 bits per heavy atom. The second-order valence-corrected chi connectivity index (χ2v) is 14.9. The van der Waals surface area contributed by atoms with Crippen LogP contribution in [0.1, 0.15) is 142 Å². The summed E-state index contributed by atoms with van der Waals surface area (Å²) in [6.07, 6.45) is 46.4. The molecule has 0 aromatic carbocycles. The Bertz CT molecular complexity index is 1270. The van der Waals surface area contributed by atoms with Crippen LogP contribution >= 0.6 is 7.82 Å². The Hall–Kier alpha value is -3.34. The first-order chi connectivity index (χ1) is 27.1. The van der Waals surface area contributed by atoms with Crippen molar-refractivity contribution in [3.63, 3.8) is 0 Å². The summed E-state index contributed by atoms with van der Waals surface area (Å²) in [7, 11) is -4.77. The Labute approximate surface area is 337 Å². The molecule has 0 heterocycles. The summed E-state index contributed by atoms with van der Waals surface area (Å²) in [5.41, 5.74) is 0. The maximum Gasteiger partial charge on any atom is 0.472 e. The highest BCUT2D eigenvalue weighted by Crippen LogP contribution is 2.43. The molecule has 0 rings (SSSR count). The summed E-state index contributed by atoms with van der Waals surface area (Å²) in [5.74, 6) is -2.45. The van der Waals surface area contributed by atoms with Gasteiger partial charge in [0.2, 0.25) is 5.91 Å². The number of aliphatic carboxylic acids is 1. The van der Waals surface area contributed by atoms with E-state index < -0.39 is 57.6 Å². The third-order valence-electron chi connectivity index (χ3n) is 8.20. The van der Waals surface area contributed by atoms with Crippen LogP contribution in [0.3, 0.4) is 0 Å². The number of nitrogens with one attached hydrogen (secondary N) is 1. The number of phosphoric ester groups is 1. The molecule has 56 heavy (non-hydrogen) atoms. The molecule has 0 bridgehead atoms. The number of rotatable bonds is 37. The minimum absolute atomic E-state index is 0.138. The highest BCUT2D eigenvalue weighted by atomic mass is 31.2. The monoisotopic (exact) mass is 805 g/mol. The van der Waals surface area contributed by atoms with Crippen LogP contribution in [0.2, 0.25) is 0 Å². The van der Waals surface area contributed by atoms with Gasteiger partial charge in [0, 0.05) is 12.8 Å². The largest absolute Gasteiger partial charge is 0.480 e. The lowest BCUT2D eigenvalue weighted by atomic mass is 10.1. The molecule has 1 amide bonds. The van der Waals surface area contributed by atoms with Gasteiger partial charge in [-0.05, 0) is 64.2 Å². The molecule has 4 N–H and O–H groups in total. The van der Waals surface area contributed by atoms with Gasteiger partial charge in [-0.25, -0.2) is 9.36 Å². The number of hydrogen-bond acceptors (Lipinski definition) is 8. The van der Waals surface area contributed by atoms with Crippen molar-refractivity contribution in [3.8, 4) is 0 Å². The number of phosphoric acid groups is 1. The molecule has 0 aromatic heterocycles. The fourth-order valence-electron chi connectivity index (χ4n) is 5.01. The number of carboxylic acids is 1. The predicted molar refractivity (Wildman–Crippen MR) is 226 cm³/mol. The molecule has 318 valence electrons. The first kappa shape index (κ1) is 52.7. The molecule has 0 saturated carbocycles. The average Bonchev–Trinajstić information content (AvgIpc) is 3.17. The van der Waals surface area contributed by atoms with Crippen molar-refractivity contribution in [2.45, 2.75) is 154 Å². The normalized spacial score (nSPS) is 14.6. The van der Waals surface area contributed by atoms with Gasteiger partial charge in [0.05, 0.1) is 13.2 Å². The zero-order valence-corrected chi connectivity index (χ0v) is 35.0. The van der Waals surface area contributed by atoms with E-state index in [4.69, 9.17) is 13.8 Å². The van der Waals surface area contributed by atoms with Crippen LogP contribution in [0.15, 0.2) is 85.1 Å². The number of aliphatic hydroxyl groups is 1. The second kappa shape index (κ2) is 38.5. The van der Waals surface area contributed by atoms with Gasteiger partial charge < -0.3 is 25.2 Å². The van der Waals surface area contributed by atoms with Crippen molar-refractivity contribution in [1.82, 2.24) is 5.32 Å². The number of esters is 1. The molecule has 3 unspecified atom stereocenters. The van der Waals surface area contributed by atoms with Gasteiger partial charge in [-0.1, -0.05) is 150 Å². The van der Waals surface area contributed by atoms with Gasteiger partial charge in [-0.2, -0.15) is 0 Å². The first-order valence-corrected chi connectivity index (χ1v) is 22.1. The molecule has 0 aliphatic rings. The van der Waals surface area contributed by atoms with Crippen molar-refractivity contribution >= 4 is 25.7 Å². The number of carbonyl (C=O) groups is 3. The smallest absolute Gasteiger partial charge is 0.472 e. The maximum atomic E-state index is 12.2. The number of ether oxygens (including phenoxy) is 1. The molecule has 0 spiro atoms.